The molecule has 0 aromatic rings. The number of hydrogen-bond acceptors (Lipinski definition) is 6. The number of allylic oxidation sites excluding steroid dienone is 2. The molecule has 6 heteroatoms. The highest BCUT2D eigenvalue weighted by Crippen LogP contribution is 2.13. The fraction of sp³-hybridized carbons (Fsp3) is 0.875. The third-order valence-electron chi connectivity index (χ3n) is 5.52. The van der Waals surface area contributed by atoms with Crippen LogP contribution in [-0.4, -0.2) is 62.3 Å². The van der Waals surface area contributed by atoms with Gasteiger partial charge in [0.25, 0.3) is 0 Å². The van der Waals surface area contributed by atoms with Crippen LogP contribution >= 0.6 is 0 Å². The Morgan fingerprint density at radius 1 is 0.700 bits per heavy atom. The van der Waals surface area contributed by atoms with E-state index in [1.807, 2.05) is 0 Å². The summed E-state index contributed by atoms with van der Waals surface area (Å²) >= 11 is 0. The standard InChI is InChI=1S/C24H46O6/c1-2-3-4-5-6-7-8-9-10-11-12-13-14-15-16-17-18-20(26)22(28)24(30)23(29)21(27)19-25/h9-10,21-25,27-30H,2-8,11-19H2,1H3/t21-,22+,23-,24-/m1/s1. The van der Waals surface area contributed by atoms with Crippen LogP contribution in [0.4, 0.5) is 0 Å². The van der Waals surface area contributed by atoms with Crippen molar-refractivity contribution in [3.63, 3.8) is 0 Å². The van der Waals surface area contributed by atoms with Crippen LogP contribution in [0.1, 0.15) is 103 Å². The van der Waals surface area contributed by atoms with E-state index in [0.29, 0.717) is 6.42 Å². The van der Waals surface area contributed by atoms with Crippen molar-refractivity contribution in [2.45, 2.75) is 128 Å². The summed E-state index contributed by atoms with van der Waals surface area (Å²) in [6.07, 6.45) is 14.2. The normalized spacial score (nSPS) is 15.9. The summed E-state index contributed by atoms with van der Waals surface area (Å²) < 4.78 is 0. The predicted octanol–water partition coefficient (Wildman–Crippen LogP) is 3.42. The Labute approximate surface area is 183 Å². The molecule has 0 rings (SSSR count). The van der Waals surface area contributed by atoms with Crippen LogP contribution in [0.15, 0.2) is 12.2 Å². The van der Waals surface area contributed by atoms with Crippen LogP contribution in [0.2, 0.25) is 0 Å². The minimum Gasteiger partial charge on any atom is -0.394 e. The molecule has 5 N–H and O–H groups in total. The van der Waals surface area contributed by atoms with Crippen LogP contribution in [0.5, 0.6) is 0 Å². The highest BCUT2D eigenvalue weighted by molar-refractivity contribution is 5.83. The maximum atomic E-state index is 11.9. The zero-order valence-electron chi connectivity index (χ0n) is 18.9. The molecule has 0 radical (unpaired) electrons. The van der Waals surface area contributed by atoms with E-state index in [2.05, 4.69) is 19.1 Å². The SMILES string of the molecule is CCCCCCCCC=CCCCCCCCCC(=O)[C@H](O)[C@@H](O)[C@H](O)[C@H](O)CO. The minimum atomic E-state index is -1.80. The van der Waals surface area contributed by atoms with E-state index in [-0.39, 0.29) is 6.42 Å². The van der Waals surface area contributed by atoms with Gasteiger partial charge in [0, 0.05) is 6.42 Å². The van der Waals surface area contributed by atoms with Gasteiger partial charge < -0.3 is 25.5 Å². The number of aliphatic hydroxyl groups is 5. The summed E-state index contributed by atoms with van der Waals surface area (Å²) in [7, 11) is 0. The molecule has 178 valence electrons. The quantitative estimate of drug-likeness (QED) is 0.141. The molecular formula is C24H46O6. The molecule has 6 nitrogen and oxygen atoms in total. The van der Waals surface area contributed by atoms with Crippen LogP contribution in [0.25, 0.3) is 0 Å². The monoisotopic (exact) mass is 430 g/mol. The molecule has 30 heavy (non-hydrogen) atoms. The molecule has 0 saturated heterocycles. The van der Waals surface area contributed by atoms with Crippen LogP contribution in [-0.2, 0) is 4.79 Å². The summed E-state index contributed by atoms with van der Waals surface area (Å²) in [4.78, 5) is 11.9. The molecule has 0 aliphatic carbocycles. The number of carbonyl (C=O) groups excluding carboxylic acids is 1. The van der Waals surface area contributed by atoms with Gasteiger partial charge in [0.05, 0.1) is 6.61 Å². The second-order valence-electron chi connectivity index (χ2n) is 8.33. The van der Waals surface area contributed by atoms with Crippen molar-refractivity contribution >= 4 is 5.78 Å². The molecule has 0 aromatic carbocycles. The smallest absolute Gasteiger partial charge is 0.164 e. The molecule has 4 atom stereocenters. The zero-order chi connectivity index (χ0) is 22.6. The van der Waals surface area contributed by atoms with E-state index >= 15 is 0 Å². The van der Waals surface area contributed by atoms with Gasteiger partial charge in [-0.15, -0.1) is 0 Å². The largest absolute Gasteiger partial charge is 0.394 e. The first kappa shape index (κ1) is 29.2. The Morgan fingerprint density at radius 3 is 1.67 bits per heavy atom. The summed E-state index contributed by atoms with van der Waals surface area (Å²) in [6, 6.07) is 0. The van der Waals surface area contributed by atoms with Gasteiger partial charge >= 0.3 is 0 Å². The first-order valence-electron chi connectivity index (χ1n) is 12.0. The van der Waals surface area contributed by atoms with Gasteiger partial charge in [-0.25, -0.2) is 0 Å². The molecule has 0 amide bonds. The third kappa shape index (κ3) is 15.1. The lowest BCUT2D eigenvalue weighted by Crippen LogP contribution is -2.48. The summed E-state index contributed by atoms with van der Waals surface area (Å²) in [6.45, 7) is 1.49. The molecule has 0 aromatic heterocycles. The number of unbranched alkanes of at least 4 members (excludes halogenated alkanes) is 12. The molecule has 0 spiro atoms. The Balaban J connectivity index is 3.56. The van der Waals surface area contributed by atoms with Crippen molar-refractivity contribution < 1.29 is 30.3 Å². The van der Waals surface area contributed by atoms with Crippen LogP contribution in [0.3, 0.4) is 0 Å². The van der Waals surface area contributed by atoms with Gasteiger partial charge in [-0.1, -0.05) is 76.9 Å². The lowest BCUT2D eigenvalue weighted by atomic mass is 9.97. The van der Waals surface area contributed by atoms with Gasteiger partial charge in [-0.3, -0.25) is 4.79 Å². The van der Waals surface area contributed by atoms with Gasteiger partial charge in [0.2, 0.25) is 0 Å². The highest BCUT2D eigenvalue weighted by atomic mass is 16.4. The average molecular weight is 431 g/mol. The molecule has 0 bridgehead atoms. The molecule has 0 heterocycles. The first-order valence-corrected chi connectivity index (χ1v) is 12.0. The van der Waals surface area contributed by atoms with E-state index in [9.17, 15) is 25.2 Å². The van der Waals surface area contributed by atoms with Crippen molar-refractivity contribution in [3.05, 3.63) is 12.2 Å². The maximum absolute atomic E-state index is 11.9. The average Bonchev–Trinajstić information content (AvgIpc) is 2.76. The topological polar surface area (TPSA) is 118 Å². The molecular weight excluding hydrogens is 384 g/mol. The van der Waals surface area contributed by atoms with Crippen molar-refractivity contribution in [2.75, 3.05) is 6.61 Å². The summed E-state index contributed by atoms with van der Waals surface area (Å²) in [5.41, 5.74) is 0. The lowest BCUT2D eigenvalue weighted by molar-refractivity contribution is -0.147. The maximum Gasteiger partial charge on any atom is 0.164 e. The van der Waals surface area contributed by atoms with E-state index in [1.165, 1.54) is 57.8 Å². The van der Waals surface area contributed by atoms with Gasteiger partial charge in [-0.2, -0.15) is 0 Å². The van der Waals surface area contributed by atoms with Crippen molar-refractivity contribution in [3.8, 4) is 0 Å². The first-order chi connectivity index (χ1) is 14.5. The number of hydrogen-bond donors (Lipinski definition) is 5. The van der Waals surface area contributed by atoms with Crippen LogP contribution < -0.4 is 0 Å². The number of aliphatic hydroxyl groups excluding tert-OH is 5. The van der Waals surface area contributed by atoms with Crippen molar-refractivity contribution in [2.24, 2.45) is 0 Å². The van der Waals surface area contributed by atoms with Gasteiger partial charge in [0.1, 0.15) is 24.4 Å². The summed E-state index contributed by atoms with van der Waals surface area (Å²) in [5, 5.41) is 47.0. The minimum absolute atomic E-state index is 0.126. The second kappa shape index (κ2) is 20.1. The number of carbonyl (C=O) groups is 1. The number of rotatable bonds is 21. The molecule has 0 aliphatic heterocycles. The van der Waals surface area contributed by atoms with E-state index in [1.54, 1.807) is 0 Å². The van der Waals surface area contributed by atoms with E-state index < -0.39 is 36.8 Å². The molecule has 0 aliphatic rings. The zero-order valence-corrected chi connectivity index (χ0v) is 18.9. The highest BCUT2D eigenvalue weighted by Gasteiger charge is 2.33. The molecule has 0 saturated carbocycles. The Kier molecular flexibility index (Phi) is 19.6. The Morgan fingerprint density at radius 2 is 1.17 bits per heavy atom. The summed E-state index contributed by atoms with van der Waals surface area (Å²) in [5.74, 6) is -0.554. The van der Waals surface area contributed by atoms with Crippen molar-refractivity contribution in [1.82, 2.24) is 0 Å². The van der Waals surface area contributed by atoms with Gasteiger partial charge in [0.15, 0.2) is 5.78 Å². The fourth-order valence-electron chi connectivity index (χ4n) is 3.41. The van der Waals surface area contributed by atoms with E-state index in [4.69, 9.17) is 5.11 Å². The second-order valence-corrected chi connectivity index (χ2v) is 8.33. The number of ketones is 1. The molecule has 0 fully saturated rings. The predicted molar refractivity (Wildman–Crippen MR) is 120 cm³/mol. The molecule has 0 unspecified atom stereocenters. The Bertz CT molecular complexity index is 426. The lowest BCUT2D eigenvalue weighted by Gasteiger charge is -2.24. The van der Waals surface area contributed by atoms with Crippen LogP contribution in [0, 0.1) is 0 Å². The van der Waals surface area contributed by atoms with Crippen molar-refractivity contribution in [1.29, 1.82) is 0 Å². The van der Waals surface area contributed by atoms with Gasteiger partial charge in [-0.05, 0) is 32.1 Å². The fourth-order valence-corrected chi connectivity index (χ4v) is 3.41. The third-order valence-corrected chi connectivity index (χ3v) is 5.52. The van der Waals surface area contributed by atoms with E-state index in [0.717, 1.165) is 25.7 Å². The Hall–Kier alpha value is -0.790. The number of Topliss-reactive ketones (excluding diaryl/α,β-unsaturated/α-hetero) is 1.